The lowest BCUT2D eigenvalue weighted by molar-refractivity contribution is 1.37. The molecule has 0 aromatic carbocycles. The van der Waals surface area contributed by atoms with Crippen LogP contribution in [0.1, 0.15) is 11.1 Å². The van der Waals surface area contributed by atoms with Crippen LogP contribution in [0.5, 0.6) is 0 Å². The van der Waals surface area contributed by atoms with Gasteiger partial charge in [-0.1, -0.05) is 0 Å². The maximum Gasteiger partial charge on any atom is 0.158 e. The number of amidine groups is 2. The van der Waals surface area contributed by atoms with Crippen molar-refractivity contribution in [3.8, 4) is 0 Å². The molecule has 2 aromatic rings. The number of anilines is 1. The number of aromatic amines is 1. The van der Waals surface area contributed by atoms with Crippen molar-refractivity contribution in [3.05, 3.63) is 23.4 Å². The maximum atomic E-state index is 7.63. The van der Waals surface area contributed by atoms with Gasteiger partial charge < -0.3 is 16.5 Å². The molecule has 1 aliphatic rings. The summed E-state index contributed by atoms with van der Waals surface area (Å²) in [6, 6.07) is 1.81. The number of fused-ring (bicyclic) bond motifs is 3. The van der Waals surface area contributed by atoms with E-state index >= 15 is 0 Å². The zero-order chi connectivity index (χ0) is 10.6. The van der Waals surface area contributed by atoms with Gasteiger partial charge in [-0.3, -0.25) is 5.41 Å². The summed E-state index contributed by atoms with van der Waals surface area (Å²) in [5.74, 6) is 0.687. The Morgan fingerprint density at radius 3 is 2.87 bits per heavy atom. The summed E-state index contributed by atoms with van der Waals surface area (Å²) in [6.07, 6.45) is 1.76. The molecule has 0 bridgehead atoms. The van der Waals surface area contributed by atoms with Crippen molar-refractivity contribution in [1.82, 2.24) is 9.97 Å². The fourth-order valence-corrected chi connectivity index (χ4v) is 1.82. The highest BCUT2D eigenvalue weighted by Crippen LogP contribution is 2.28. The van der Waals surface area contributed by atoms with Crippen LogP contribution in [0, 0.1) is 5.41 Å². The molecule has 3 heterocycles. The van der Waals surface area contributed by atoms with E-state index in [1.165, 1.54) is 0 Å². The summed E-state index contributed by atoms with van der Waals surface area (Å²) >= 11 is 0. The number of nitrogen functional groups attached to an aromatic ring is 1. The zero-order valence-electron chi connectivity index (χ0n) is 7.70. The van der Waals surface area contributed by atoms with Gasteiger partial charge in [0.25, 0.3) is 0 Å². The van der Waals surface area contributed by atoms with Crippen molar-refractivity contribution >= 4 is 28.5 Å². The minimum Gasteiger partial charge on any atom is -0.383 e. The largest absolute Gasteiger partial charge is 0.383 e. The van der Waals surface area contributed by atoms with Crippen LogP contribution < -0.4 is 11.5 Å². The molecule has 0 aliphatic carbocycles. The van der Waals surface area contributed by atoms with Gasteiger partial charge in [0.15, 0.2) is 5.84 Å². The highest BCUT2D eigenvalue weighted by Gasteiger charge is 2.25. The third-order valence-electron chi connectivity index (χ3n) is 2.45. The number of hydrogen-bond donors (Lipinski definition) is 4. The quantitative estimate of drug-likeness (QED) is 0.486. The average molecular weight is 200 g/mol. The van der Waals surface area contributed by atoms with Crippen molar-refractivity contribution in [1.29, 1.82) is 5.41 Å². The lowest BCUT2D eigenvalue weighted by Gasteiger charge is -2.03. The number of aromatic nitrogens is 2. The number of H-pyrrole nitrogens is 1. The topological polar surface area (TPSA) is 117 Å². The number of nitrogens with two attached hydrogens (primary N) is 2. The third kappa shape index (κ3) is 0.850. The van der Waals surface area contributed by atoms with Gasteiger partial charge in [0.1, 0.15) is 11.7 Å². The molecule has 0 atom stereocenters. The molecule has 15 heavy (non-hydrogen) atoms. The summed E-state index contributed by atoms with van der Waals surface area (Å²) in [6.45, 7) is 0. The molecular formula is C9H8N6. The van der Waals surface area contributed by atoms with E-state index in [1.807, 2.05) is 0 Å². The number of pyridine rings is 1. The van der Waals surface area contributed by atoms with Crippen LogP contribution in [0.2, 0.25) is 0 Å². The monoisotopic (exact) mass is 200 g/mol. The first-order valence-corrected chi connectivity index (χ1v) is 4.38. The highest BCUT2D eigenvalue weighted by molar-refractivity contribution is 6.27. The summed E-state index contributed by atoms with van der Waals surface area (Å²) in [5, 5.41) is 7.63. The second-order valence-electron chi connectivity index (χ2n) is 3.33. The van der Waals surface area contributed by atoms with Crippen molar-refractivity contribution in [2.75, 3.05) is 5.73 Å². The maximum absolute atomic E-state index is 7.63. The molecule has 0 amide bonds. The van der Waals surface area contributed by atoms with Crippen molar-refractivity contribution in [3.63, 3.8) is 0 Å². The van der Waals surface area contributed by atoms with Crippen molar-refractivity contribution in [2.24, 2.45) is 10.7 Å². The number of nitrogens with one attached hydrogen (secondary N) is 2. The molecule has 6 heteroatoms. The van der Waals surface area contributed by atoms with Gasteiger partial charge in [0, 0.05) is 6.20 Å². The molecule has 0 radical (unpaired) electrons. The average Bonchev–Trinajstić information content (AvgIpc) is 2.71. The number of nitrogens with zero attached hydrogens (tertiary/aromatic N) is 2. The van der Waals surface area contributed by atoms with Crippen molar-refractivity contribution in [2.45, 2.75) is 0 Å². The molecule has 0 saturated heterocycles. The van der Waals surface area contributed by atoms with E-state index in [4.69, 9.17) is 16.9 Å². The normalized spacial score (nSPS) is 14.4. The summed E-state index contributed by atoms with van der Waals surface area (Å²) in [7, 11) is 0. The standard InChI is InChI=1S/C9H8N6/c10-7-4-5(9(12)15-7)8(11)14-3-1-2-13-6(3)4/h1-2,13H,(H2,11,14)(H3,10,12,15). The van der Waals surface area contributed by atoms with E-state index in [9.17, 15) is 0 Å². The summed E-state index contributed by atoms with van der Waals surface area (Å²) in [5.41, 5.74) is 14.2. The number of hydrogen-bond acceptors (Lipinski definition) is 4. The van der Waals surface area contributed by atoms with Crippen molar-refractivity contribution < 1.29 is 0 Å². The Bertz CT molecular complexity index is 621. The van der Waals surface area contributed by atoms with Crippen LogP contribution in [0.3, 0.4) is 0 Å². The van der Waals surface area contributed by atoms with Crippen LogP contribution in [0.25, 0.3) is 11.0 Å². The Balaban J connectivity index is 2.55. The van der Waals surface area contributed by atoms with Crippen LogP contribution in [-0.4, -0.2) is 21.6 Å². The fraction of sp³-hybridized carbons (Fsp3) is 0. The SMILES string of the molecule is N=C1N=C(N)c2c1c(N)nc1cc[nH]c21. The van der Waals surface area contributed by atoms with E-state index < -0.39 is 0 Å². The first-order valence-electron chi connectivity index (χ1n) is 4.38. The predicted molar refractivity (Wildman–Crippen MR) is 58.1 cm³/mol. The zero-order valence-corrected chi connectivity index (χ0v) is 7.70. The predicted octanol–water partition coefficient (Wildman–Crippen LogP) is 0.189. The molecule has 74 valence electrons. The summed E-state index contributed by atoms with van der Waals surface area (Å²) < 4.78 is 0. The second-order valence-corrected chi connectivity index (χ2v) is 3.33. The molecule has 6 nitrogen and oxygen atoms in total. The molecular weight excluding hydrogens is 192 g/mol. The first kappa shape index (κ1) is 7.98. The van der Waals surface area contributed by atoms with Gasteiger partial charge >= 0.3 is 0 Å². The molecule has 0 saturated carbocycles. The van der Waals surface area contributed by atoms with E-state index in [0.29, 0.717) is 22.8 Å². The molecule has 0 spiro atoms. The summed E-state index contributed by atoms with van der Waals surface area (Å²) in [4.78, 5) is 11.1. The van der Waals surface area contributed by atoms with Crippen LogP contribution in [0.4, 0.5) is 5.82 Å². The Labute approximate surface area is 84.5 Å². The van der Waals surface area contributed by atoms with E-state index in [2.05, 4.69) is 15.0 Å². The minimum atomic E-state index is 0.0731. The third-order valence-corrected chi connectivity index (χ3v) is 2.45. The Morgan fingerprint density at radius 2 is 2.07 bits per heavy atom. The second kappa shape index (κ2) is 2.35. The smallest absolute Gasteiger partial charge is 0.158 e. The van der Waals surface area contributed by atoms with Gasteiger partial charge in [0.05, 0.1) is 22.2 Å². The molecule has 3 rings (SSSR count). The van der Waals surface area contributed by atoms with Crippen LogP contribution in [0.15, 0.2) is 17.3 Å². The Kier molecular flexibility index (Phi) is 1.25. The van der Waals surface area contributed by atoms with Gasteiger partial charge in [0.2, 0.25) is 0 Å². The molecule has 0 unspecified atom stereocenters. The van der Waals surface area contributed by atoms with Gasteiger partial charge in [-0.15, -0.1) is 0 Å². The van der Waals surface area contributed by atoms with E-state index in [-0.39, 0.29) is 5.84 Å². The van der Waals surface area contributed by atoms with E-state index in [0.717, 1.165) is 11.0 Å². The fourth-order valence-electron chi connectivity index (χ4n) is 1.82. The Hall–Kier alpha value is -2.37. The number of aliphatic imine (C=N–C) groups is 1. The lowest BCUT2D eigenvalue weighted by Crippen LogP contribution is -2.12. The van der Waals surface area contributed by atoms with Gasteiger partial charge in [-0.05, 0) is 6.07 Å². The van der Waals surface area contributed by atoms with Gasteiger partial charge in [-0.25, -0.2) is 9.98 Å². The molecule has 1 aliphatic heterocycles. The lowest BCUT2D eigenvalue weighted by atomic mass is 10.1. The molecule has 0 fully saturated rings. The van der Waals surface area contributed by atoms with Crippen LogP contribution >= 0.6 is 0 Å². The van der Waals surface area contributed by atoms with Gasteiger partial charge in [-0.2, -0.15) is 0 Å². The first-order chi connectivity index (χ1) is 7.18. The molecule has 2 aromatic heterocycles. The minimum absolute atomic E-state index is 0.0731. The van der Waals surface area contributed by atoms with Crippen LogP contribution in [-0.2, 0) is 0 Å². The van der Waals surface area contributed by atoms with E-state index in [1.54, 1.807) is 12.3 Å². The molecule has 6 N–H and O–H groups in total. The highest BCUT2D eigenvalue weighted by atomic mass is 15.0. The number of rotatable bonds is 0. The Morgan fingerprint density at radius 1 is 1.27 bits per heavy atom.